The molecule has 1 aliphatic heterocycles. The van der Waals surface area contributed by atoms with Crippen LogP contribution in [0.25, 0.3) is 0 Å². The first-order valence-corrected chi connectivity index (χ1v) is 11.6. The minimum Gasteiger partial charge on any atom is -0.375 e. The van der Waals surface area contributed by atoms with E-state index in [1.165, 1.54) is 11.1 Å². The number of hydrogen-bond donors (Lipinski definition) is 0. The van der Waals surface area contributed by atoms with Crippen LogP contribution in [0.15, 0.2) is 104 Å². The summed E-state index contributed by atoms with van der Waals surface area (Å²) in [5.41, 5.74) is 3.49. The molecule has 33 heavy (non-hydrogen) atoms. The molecule has 0 bridgehead atoms. The van der Waals surface area contributed by atoms with Crippen LogP contribution in [0.2, 0.25) is 0 Å². The quantitative estimate of drug-likeness (QED) is 0.358. The molecule has 0 spiro atoms. The molecule has 0 N–H and O–H groups in total. The molecule has 0 aromatic heterocycles. The Kier molecular flexibility index (Phi) is 8.84. The lowest BCUT2D eigenvalue weighted by Gasteiger charge is -2.28. The van der Waals surface area contributed by atoms with E-state index in [4.69, 9.17) is 14.2 Å². The van der Waals surface area contributed by atoms with Gasteiger partial charge in [-0.3, -0.25) is 4.90 Å². The highest BCUT2D eigenvalue weighted by atomic mass is 16.5. The molecule has 4 heteroatoms. The third kappa shape index (κ3) is 6.86. The van der Waals surface area contributed by atoms with Crippen molar-refractivity contribution in [1.82, 2.24) is 4.90 Å². The Hall–Kier alpha value is -2.76. The Morgan fingerprint density at radius 1 is 0.727 bits per heavy atom. The summed E-state index contributed by atoms with van der Waals surface area (Å²) in [7, 11) is 0. The van der Waals surface area contributed by atoms with E-state index in [1.54, 1.807) is 0 Å². The van der Waals surface area contributed by atoms with Gasteiger partial charge in [0.1, 0.15) is 6.10 Å². The zero-order chi connectivity index (χ0) is 22.7. The summed E-state index contributed by atoms with van der Waals surface area (Å²) < 4.78 is 19.1. The SMILES string of the molecule is C=CCN1C[C@H](OCc2ccccc2)[C@H](OCc2ccccc2)[C@H]1COCc1ccccc1. The summed E-state index contributed by atoms with van der Waals surface area (Å²) in [6, 6.07) is 31.0. The van der Waals surface area contributed by atoms with Crippen LogP contribution >= 0.6 is 0 Å². The Morgan fingerprint density at radius 3 is 1.79 bits per heavy atom. The highest BCUT2D eigenvalue weighted by Gasteiger charge is 2.43. The van der Waals surface area contributed by atoms with Crippen molar-refractivity contribution in [2.75, 3.05) is 19.7 Å². The van der Waals surface area contributed by atoms with E-state index in [2.05, 4.69) is 47.9 Å². The van der Waals surface area contributed by atoms with Gasteiger partial charge < -0.3 is 14.2 Å². The molecule has 0 radical (unpaired) electrons. The Labute approximate surface area is 197 Å². The molecular formula is C29H33NO3. The first kappa shape index (κ1) is 23.4. The number of likely N-dealkylation sites (tertiary alicyclic amines) is 1. The average molecular weight is 444 g/mol. The lowest BCUT2D eigenvalue weighted by atomic mass is 10.1. The Balaban J connectivity index is 1.45. The molecule has 1 fully saturated rings. The van der Waals surface area contributed by atoms with E-state index in [1.807, 2.05) is 60.7 Å². The fraction of sp³-hybridized carbons (Fsp3) is 0.310. The van der Waals surface area contributed by atoms with Crippen molar-refractivity contribution in [1.29, 1.82) is 0 Å². The van der Waals surface area contributed by atoms with Crippen molar-refractivity contribution in [2.24, 2.45) is 0 Å². The standard InChI is InChI=1S/C29H33NO3/c1-2-18-30-19-28(32-21-25-14-8-4-9-15-25)29(33-22-26-16-10-5-11-17-26)27(30)23-31-20-24-12-6-3-7-13-24/h2-17,27-29H,1,18-23H2/t27-,28+,29-/m1/s1. The predicted molar refractivity (Wildman–Crippen MR) is 132 cm³/mol. The van der Waals surface area contributed by atoms with E-state index in [0.717, 1.165) is 18.7 Å². The number of rotatable bonds is 12. The molecule has 1 aliphatic rings. The van der Waals surface area contributed by atoms with Crippen LogP contribution < -0.4 is 0 Å². The van der Waals surface area contributed by atoms with Gasteiger partial charge in [-0.2, -0.15) is 0 Å². The lowest BCUT2D eigenvalue weighted by Crippen LogP contribution is -2.41. The van der Waals surface area contributed by atoms with Gasteiger partial charge in [0.15, 0.2) is 0 Å². The van der Waals surface area contributed by atoms with E-state index in [0.29, 0.717) is 26.4 Å². The molecule has 1 heterocycles. The maximum absolute atomic E-state index is 6.50. The number of ether oxygens (including phenoxy) is 3. The van der Waals surface area contributed by atoms with E-state index < -0.39 is 0 Å². The van der Waals surface area contributed by atoms with Gasteiger partial charge in [0, 0.05) is 13.1 Å². The molecule has 0 aliphatic carbocycles. The minimum atomic E-state index is -0.0929. The summed E-state index contributed by atoms with van der Waals surface area (Å²) in [5, 5.41) is 0. The summed E-state index contributed by atoms with van der Waals surface area (Å²) in [5.74, 6) is 0. The number of hydrogen-bond acceptors (Lipinski definition) is 4. The van der Waals surface area contributed by atoms with Gasteiger partial charge in [-0.1, -0.05) is 97.1 Å². The van der Waals surface area contributed by atoms with Crippen molar-refractivity contribution in [3.8, 4) is 0 Å². The molecule has 1 saturated heterocycles. The third-order valence-corrected chi connectivity index (χ3v) is 5.99. The van der Waals surface area contributed by atoms with Crippen molar-refractivity contribution >= 4 is 0 Å². The third-order valence-electron chi connectivity index (χ3n) is 5.99. The molecule has 4 nitrogen and oxygen atoms in total. The molecule has 3 aromatic rings. The normalized spacial score (nSPS) is 20.7. The van der Waals surface area contributed by atoms with Crippen LogP contribution in [0.1, 0.15) is 16.7 Å². The maximum atomic E-state index is 6.50. The molecular weight excluding hydrogens is 410 g/mol. The smallest absolute Gasteiger partial charge is 0.103 e. The van der Waals surface area contributed by atoms with Crippen molar-refractivity contribution in [3.05, 3.63) is 120 Å². The van der Waals surface area contributed by atoms with Gasteiger partial charge in [0.05, 0.1) is 38.6 Å². The number of nitrogens with zero attached hydrogens (tertiary/aromatic N) is 1. The van der Waals surface area contributed by atoms with Crippen molar-refractivity contribution in [3.63, 3.8) is 0 Å². The summed E-state index contributed by atoms with van der Waals surface area (Å²) in [6.07, 6.45) is 1.81. The molecule has 0 unspecified atom stereocenters. The van der Waals surface area contributed by atoms with Crippen LogP contribution in [-0.4, -0.2) is 42.8 Å². The average Bonchev–Trinajstić information content (AvgIpc) is 3.19. The van der Waals surface area contributed by atoms with Gasteiger partial charge in [-0.25, -0.2) is 0 Å². The molecule has 3 aromatic carbocycles. The summed E-state index contributed by atoms with van der Waals surface area (Å²) in [4.78, 5) is 2.36. The van der Waals surface area contributed by atoms with Crippen molar-refractivity contribution in [2.45, 2.75) is 38.1 Å². The van der Waals surface area contributed by atoms with E-state index >= 15 is 0 Å². The fourth-order valence-corrected chi connectivity index (χ4v) is 4.28. The second-order valence-electron chi connectivity index (χ2n) is 8.41. The molecule has 0 amide bonds. The maximum Gasteiger partial charge on any atom is 0.103 e. The first-order chi connectivity index (χ1) is 16.3. The first-order valence-electron chi connectivity index (χ1n) is 11.6. The Bertz CT molecular complexity index is 948. The van der Waals surface area contributed by atoms with Gasteiger partial charge in [0.25, 0.3) is 0 Å². The largest absolute Gasteiger partial charge is 0.375 e. The van der Waals surface area contributed by atoms with E-state index in [-0.39, 0.29) is 18.2 Å². The van der Waals surface area contributed by atoms with Crippen LogP contribution in [0.4, 0.5) is 0 Å². The number of benzene rings is 3. The van der Waals surface area contributed by atoms with Gasteiger partial charge in [-0.05, 0) is 16.7 Å². The zero-order valence-corrected chi connectivity index (χ0v) is 19.1. The van der Waals surface area contributed by atoms with Crippen LogP contribution in [0, 0.1) is 0 Å². The fourth-order valence-electron chi connectivity index (χ4n) is 4.28. The monoisotopic (exact) mass is 443 g/mol. The van der Waals surface area contributed by atoms with Crippen molar-refractivity contribution < 1.29 is 14.2 Å². The van der Waals surface area contributed by atoms with Crippen LogP contribution in [0.3, 0.4) is 0 Å². The molecule has 4 rings (SSSR count). The van der Waals surface area contributed by atoms with Gasteiger partial charge in [0.2, 0.25) is 0 Å². The Morgan fingerprint density at radius 2 is 1.24 bits per heavy atom. The van der Waals surface area contributed by atoms with Gasteiger partial charge in [-0.15, -0.1) is 6.58 Å². The summed E-state index contributed by atoms with van der Waals surface area (Å²) >= 11 is 0. The van der Waals surface area contributed by atoms with Crippen LogP contribution in [-0.2, 0) is 34.0 Å². The summed E-state index contributed by atoms with van der Waals surface area (Å²) in [6.45, 7) is 7.80. The molecule has 0 saturated carbocycles. The molecule has 172 valence electrons. The zero-order valence-electron chi connectivity index (χ0n) is 19.1. The molecule has 3 atom stereocenters. The lowest BCUT2D eigenvalue weighted by molar-refractivity contribution is -0.0814. The highest BCUT2D eigenvalue weighted by Crippen LogP contribution is 2.27. The minimum absolute atomic E-state index is 0.0424. The second kappa shape index (κ2) is 12.5. The topological polar surface area (TPSA) is 30.9 Å². The second-order valence-corrected chi connectivity index (χ2v) is 8.41. The van der Waals surface area contributed by atoms with Gasteiger partial charge >= 0.3 is 0 Å². The van der Waals surface area contributed by atoms with E-state index in [9.17, 15) is 0 Å². The predicted octanol–water partition coefficient (Wildman–Crippen LogP) is 5.24. The van der Waals surface area contributed by atoms with Crippen LogP contribution in [0.5, 0.6) is 0 Å². The highest BCUT2D eigenvalue weighted by molar-refractivity contribution is 5.15.